The summed E-state index contributed by atoms with van der Waals surface area (Å²) in [7, 11) is 0. The SMILES string of the molecule is CC(=O)Nc1ccc(CN[C@@H](C)c2ccc(Cl)cc2)cc1. The van der Waals surface area contributed by atoms with Crippen LogP contribution in [0.15, 0.2) is 48.5 Å². The first-order chi connectivity index (χ1) is 10.0. The van der Waals surface area contributed by atoms with Gasteiger partial charge in [-0.3, -0.25) is 4.79 Å². The average Bonchev–Trinajstić information content (AvgIpc) is 2.46. The molecule has 0 bridgehead atoms. The van der Waals surface area contributed by atoms with Crippen LogP contribution in [0.2, 0.25) is 5.02 Å². The molecule has 110 valence electrons. The number of benzene rings is 2. The summed E-state index contributed by atoms with van der Waals surface area (Å²) in [4.78, 5) is 11.0. The van der Waals surface area contributed by atoms with Crippen molar-refractivity contribution in [1.82, 2.24) is 5.32 Å². The Hall–Kier alpha value is -1.84. The standard InChI is InChI=1S/C17H19ClN2O/c1-12(15-5-7-16(18)8-6-15)19-11-14-3-9-17(10-4-14)20-13(2)21/h3-10,12,19H,11H2,1-2H3,(H,20,21)/t12-/m0/s1. The van der Waals surface area contributed by atoms with Gasteiger partial charge in [-0.1, -0.05) is 35.9 Å². The van der Waals surface area contributed by atoms with Gasteiger partial charge in [0.2, 0.25) is 5.91 Å². The van der Waals surface area contributed by atoms with Crippen LogP contribution < -0.4 is 10.6 Å². The number of amides is 1. The Bertz CT molecular complexity index is 593. The van der Waals surface area contributed by atoms with Crippen molar-refractivity contribution in [2.45, 2.75) is 26.4 Å². The number of rotatable bonds is 5. The second-order valence-electron chi connectivity index (χ2n) is 5.03. The van der Waals surface area contributed by atoms with Crippen LogP contribution in [0, 0.1) is 0 Å². The lowest BCUT2D eigenvalue weighted by Gasteiger charge is -2.14. The maximum atomic E-state index is 11.0. The van der Waals surface area contributed by atoms with Gasteiger partial charge in [0.15, 0.2) is 0 Å². The number of anilines is 1. The molecule has 2 rings (SSSR count). The molecule has 0 aromatic heterocycles. The van der Waals surface area contributed by atoms with E-state index in [4.69, 9.17) is 11.6 Å². The van der Waals surface area contributed by atoms with Gasteiger partial charge < -0.3 is 10.6 Å². The fourth-order valence-corrected chi connectivity index (χ4v) is 2.18. The zero-order valence-corrected chi connectivity index (χ0v) is 12.9. The van der Waals surface area contributed by atoms with Gasteiger partial charge in [-0.15, -0.1) is 0 Å². The van der Waals surface area contributed by atoms with Crippen LogP contribution in [0.5, 0.6) is 0 Å². The Morgan fingerprint density at radius 3 is 2.29 bits per heavy atom. The fraction of sp³-hybridized carbons (Fsp3) is 0.235. The normalized spacial score (nSPS) is 12.0. The summed E-state index contributed by atoms with van der Waals surface area (Å²) in [5, 5.41) is 6.97. The molecule has 0 aliphatic carbocycles. The maximum absolute atomic E-state index is 11.0. The monoisotopic (exact) mass is 302 g/mol. The Morgan fingerprint density at radius 1 is 1.10 bits per heavy atom. The van der Waals surface area contributed by atoms with E-state index in [-0.39, 0.29) is 11.9 Å². The lowest BCUT2D eigenvalue weighted by atomic mass is 10.1. The van der Waals surface area contributed by atoms with Crippen LogP contribution in [0.3, 0.4) is 0 Å². The molecule has 1 atom stereocenters. The second-order valence-corrected chi connectivity index (χ2v) is 5.47. The fourth-order valence-electron chi connectivity index (χ4n) is 2.05. The predicted molar refractivity (Wildman–Crippen MR) is 87.5 cm³/mol. The van der Waals surface area contributed by atoms with Crippen LogP contribution in [-0.4, -0.2) is 5.91 Å². The van der Waals surface area contributed by atoms with Crippen LogP contribution in [-0.2, 0) is 11.3 Å². The maximum Gasteiger partial charge on any atom is 0.221 e. The molecule has 0 unspecified atom stereocenters. The quantitative estimate of drug-likeness (QED) is 0.871. The largest absolute Gasteiger partial charge is 0.326 e. The minimum Gasteiger partial charge on any atom is -0.326 e. The molecular weight excluding hydrogens is 284 g/mol. The third-order valence-electron chi connectivity index (χ3n) is 3.26. The summed E-state index contributed by atoms with van der Waals surface area (Å²) < 4.78 is 0. The average molecular weight is 303 g/mol. The zero-order chi connectivity index (χ0) is 15.2. The number of carbonyl (C=O) groups is 1. The first kappa shape index (κ1) is 15.5. The Labute approximate surface area is 130 Å². The van der Waals surface area contributed by atoms with E-state index in [9.17, 15) is 4.79 Å². The van der Waals surface area contributed by atoms with Crippen molar-refractivity contribution in [2.75, 3.05) is 5.32 Å². The smallest absolute Gasteiger partial charge is 0.221 e. The first-order valence-electron chi connectivity index (χ1n) is 6.90. The molecule has 2 aromatic rings. The third-order valence-corrected chi connectivity index (χ3v) is 3.51. The molecule has 2 aromatic carbocycles. The van der Waals surface area contributed by atoms with Crippen molar-refractivity contribution in [1.29, 1.82) is 0 Å². The van der Waals surface area contributed by atoms with E-state index in [1.54, 1.807) is 0 Å². The number of hydrogen-bond donors (Lipinski definition) is 2. The topological polar surface area (TPSA) is 41.1 Å². The number of halogens is 1. The molecule has 21 heavy (non-hydrogen) atoms. The van der Waals surface area contributed by atoms with Crippen molar-refractivity contribution in [2.24, 2.45) is 0 Å². The van der Waals surface area contributed by atoms with Crippen LogP contribution >= 0.6 is 11.6 Å². The molecule has 0 fully saturated rings. The molecular formula is C17H19ClN2O. The molecule has 3 nitrogen and oxygen atoms in total. The Kier molecular flexibility index (Phi) is 5.37. The molecule has 2 N–H and O–H groups in total. The van der Waals surface area contributed by atoms with E-state index in [0.717, 1.165) is 17.3 Å². The van der Waals surface area contributed by atoms with E-state index in [1.165, 1.54) is 18.1 Å². The highest BCUT2D eigenvalue weighted by Gasteiger charge is 2.04. The number of nitrogens with one attached hydrogen (secondary N) is 2. The van der Waals surface area contributed by atoms with Crippen LogP contribution in [0.1, 0.15) is 31.0 Å². The van der Waals surface area contributed by atoms with Crippen molar-refractivity contribution < 1.29 is 4.79 Å². The van der Waals surface area contributed by atoms with Gasteiger partial charge in [0.1, 0.15) is 0 Å². The van der Waals surface area contributed by atoms with Gasteiger partial charge >= 0.3 is 0 Å². The van der Waals surface area contributed by atoms with E-state index in [2.05, 4.69) is 17.6 Å². The second kappa shape index (κ2) is 7.25. The summed E-state index contributed by atoms with van der Waals surface area (Å²) in [6, 6.07) is 15.9. The van der Waals surface area contributed by atoms with E-state index in [1.807, 2.05) is 48.5 Å². The molecule has 0 saturated heterocycles. The lowest BCUT2D eigenvalue weighted by Crippen LogP contribution is -2.18. The summed E-state index contributed by atoms with van der Waals surface area (Å²) >= 11 is 5.89. The highest BCUT2D eigenvalue weighted by Crippen LogP contribution is 2.17. The zero-order valence-electron chi connectivity index (χ0n) is 12.2. The number of carbonyl (C=O) groups excluding carboxylic acids is 1. The molecule has 0 spiro atoms. The summed E-state index contributed by atoms with van der Waals surface area (Å²) in [5.41, 5.74) is 3.19. The van der Waals surface area contributed by atoms with Crippen LogP contribution in [0.4, 0.5) is 5.69 Å². The van der Waals surface area contributed by atoms with Gasteiger partial charge in [-0.2, -0.15) is 0 Å². The predicted octanol–water partition coefficient (Wildman–Crippen LogP) is 4.15. The van der Waals surface area contributed by atoms with E-state index >= 15 is 0 Å². The summed E-state index contributed by atoms with van der Waals surface area (Å²) in [6.07, 6.45) is 0. The van der Waals surface area contributed by atoms with Crippen molar-refractivity contribution in [3.8, 4) is 0 Å². The van der Waals surface area contributed by atoms with Gasteiger partial charge in [-0.25, -0.2) is 0 Å². The molecule has 0 radical (unpaired) electrons. The molecule has 0 aliphatic heterocycles. The van der Waals surface area contributed by atoms with Crippen molar-refractivity contribution in [3.05, 3.63) is 64.7 Å². The lowest BCUT2D eigenvalue weighted by molar-refractivity contribution is -0.114. The van der Waals surface area contributed by atoms with Gasteiger partial charge in [-0.05, 0) is 42.3 Å². The van der Waals surface area contributed by atoms with Gasteiger partial charge in [0.05, 0.1) is 0 Å². The van der Waals surface area contributed by atoms with Gasteiger partial charge in [0, 0.05) is 30.2 Å². The van der Waals surface area contributed by atoms with E-state index in [0.29, 0.717) is 0 Å². The molecule has 0 aliphatic rings. The molecule has 4 heteroatoms. The molecule has 1 amide bonds. The minimum absolute atomic E-state index is 0.0581. The summed E-state index contributed by atoms with van der Waals surface area (Å²) in [5.74, 6) is -0.0581. The third kappa shape index (κ3) is 4.88. The highest BCUT2D eigenvalue weighted by atomic mass is 35.5. The van der Waals surface area contributed by atoms with Crippen molar-refractivity contribution in [3.63, 3.8) is 0 Å². The number of hydrogen-bond acceptors (Lipinski definition) is 2. The highest BCUT2D eigenvalue weighted by molar-refractivity contribution is 6.30. The Morgan fingerprint density at radius 2 is 1.71 bits per heavy atom. The Balaban J connectivity index is 1.90. The van der Waals surface area contributed by atoms with Crippen LogP contribution in [0.25, 0.3) is 0 Å². The molecule has 0 saturated carbocycles. The summed E-state index contributed by atoms with van der Waals surface area (Å²) in [6.45, 7) is 4.39. The molecule has 0 heterocycles. The van der Waals surface area contributed by atoms with Crippen molar-refractivity contribution >= 4 is 23.2 Å². The minimum atomic E-state index is -0.0581. The van der Waals surface area contributed by atoms with E-state index < -0.39 is 0 Å². The van der Waals surface area contributed by atoms with Gasteiger partial charge in [0.25, 0.3) is 0 Å². The first-order valence-corrected chi connectivity index (χ1v) is 7.28.